The van der Waals surface area contributed by atoms with E-state index < -0.39 is 0 Å². The Bertz CT molecular complexity index is 542. The number of methoxy groups -OCH3 is 2. The standard InChI is InChI=1S/C13H14BrNO2S/c1-16-10-4-3-8(5-11(10)17-2)13(15)9-6-12(14)18-7-9/h3-7,13H,15H2,1-2H3. The molecule has 1 aromatic carbocycles. The van der Waals surface area contributed by atoms with Crippen molar-refractivity contribution in [3.8, 4) is 11.5 Å². The van der Waals surface area contributed by atoms with E-state index in [2.05, 4.69) is 15.9 Å². The normalized spacial score (nSPS) is 12.2. The van der Waals surface area contributed by atoms with Crippen LogP contribution in [0, 0.1) is 0 Å². The minimum atomic E-state index is -0.160. The van der Waals surface area contributed by atoms with Gasteiger partial charge in [-0.25, -0.2) is 0 Å². The molecule has 0 saturated carbocycles. The van der Waals surface area contributed by atoms with E-state index in [0.29, 0.717) is 11.5 Å². The number of nitrogens with two attached hydrogens (primary N) is 1. The van der Waals surface area contributed by atoms with E-state index in [9.17, 15) is 0 Å². The quantitative estimate of drug-likeness (QED) is 0.933. The van der Waals surface area contributed by atoms with Crippen LogP contribution in [0.15, 0.2) is 33.4 Å². The molecule has 1 unspecified atom stereocenters. The first-order valence-corrected chi connectivity index (χ1v) is 7.04. The second-order valence-corrected chi connectivity index (χ2v) is 6.07. The second kappa shape index (κ2) is 5.73. The molecular formula is C13H14BrNO2S. The summed E-state index contributed by atoms with van der Waals surface area (Å²) in [6.45, 7) is 0. The van der Waals surface area contributed by atoms with E-state index in [4.69, 9.17) is 15.2 Å². The Morgan fingerprint density at radius 2 is 1.83 bits per heavy atom. The van der Waals surface area contributed by atoms with Crippen molar-refractivity contribution in [1.82, 2.24) is 0 Å². The Morgan fingerprint density at radius 1 is 1.11 bits per heavy atom. The van der Waals surface area contributed by atoms with E-state index in [1.165, 1.54) is 0 Å². The van der Waals surface area contributed by atoms with Crippen LogP contribution in [0.1, 0.15) is 17.2 Å². The van der Waals surface area contributed by atoms with Crippen molar-refractivity contribution in [3.63, 3.8) is 0 Å². The van der Waals surface area contributed by atoms with Crippen LogP contribution in [-0.2, 0) is 0 Å². The average Bonchev–Trinajstić information content (AvgIpc) is 2.83. The van der Waals surface area contributed by atoms with Crippen molar-refractivity contribution in [2.24, 2.45) is 5.73 Å². The fourth-order valence-corrected chi connectivity index (χ4v) is 2.94. The van der Waals surface area contributed by atoms with Crippen molar-refractivity contribution < 1.29 is 9.47 Å². The Labute approximate surface area is 119 Å². The van der Waals surface area contributed by atoms with Gasteiger partial charge in [0, 0.05) is 0 Å². The lowest BCUT2D eigenvalue weighted by molar-refractivity contribution is 0.354. The van der Waals surface area contributed by atoms with Crippen molar-refractivity contribution in [3.05, 3.63) is 44.6 Å². The molecule has 0 saturated heterocycles. The molecule has 0 radical (unpaired) electrons. The minimum Gasteiger partial charge on any atom is -0.493 e. The topological polar surface area (TPSA) is 44.5 Å². The highest BCUT2D eigenvalue weighted by Crippen LogP contribution is 2.33. The summed E-state index contributed by atoms with van der Waals surface area (Å²) in [6.07, 6.45) is 0. The van der Waals surface area contributed by atoms with E-state index in [1.807, 2.05) is 29.6 Å². The van der Waals surface area contributed by atoms with Gasteiger partial charge < -0.3 is 15.2 Å². The molecule has 0 aliphatic carbocycles. The molecule has 18 heavy (non-hydrogen) atoms. The summed E-state index contributed by atoms with van der Waals surface area (Å²) in [7, 11) is 3.24. The lowest BCUT2D eigenvalue weighted by atomic mass is 10.0. The number of thiophene rings is 1. The van der Waals surface area contributed by atoms with Crippen LogP contribution in [0.2, 0.25) is 0 Å². The lowest BCUT2D eigenvalue weighted by Crippen LogP contribution is -2.11. The van der Waals surface area contributed by atoms with Crippen LogP contribution in [0.25, 0.3) is 0 Å². The summed E-state index contributed by atoms with van der Waals surface area (Å²) in [5.74, 6) is 1.40. The highest BCUT2D eigenvalue weighted by atomic mass is 79.9. The molecule has 1 heterocycles. The summed E-state index contributed by atoms with van der Waals surface area (Å²) >= 11 is 5.07. The minimum absolute atomic E-state index is 0.160. The van der Waals surface area contributed by atoms with Gasteiger partial charge in [-0.15, -0.1) is 11.3 Å². The van der Waals surface area contributed by atoms with Gasteiger partial charge in [-0.2, -0.15) is 0 Å². The molecule has 2 aromatic rings. The number of benzene rings is 1. The van der Waals surface area contributed by atoms with Crippen LogP contribution in [-0.4, -0.2) is 14.2 Å². The molecular weight excluding hydrogens is 314 g/mol. The summed E-state index contributed by atoms with van der Waals surface area (Å²) < 4.78 is 11.6. The van der Waals surface area contributed by atoms with Gasteiger partial charge in [0.05, 0.1) is 24.0 Å². The maximum Gasteiger partial charge on any atom is 0.161 e. The van der Waals surface area contributed by atoms with E-state index in [0.717, 1.165) is 14.9 Å². The molecule has 96 valence electrons. The molecule has 0 aliphatic heterocycles. The number of halogens is 1. The zero-order valence-electron chi connectivity index (χ0n) is 10.1. The zero-order chi connectivity index (χ0) is 13.1. The van der Waals surface area contributed by atoms with Crippen molar-refractivity contribution in [2.45, 2.75) is 6.04 Å². The van der Waals surface area contributed by atoms with Crippen LogP contribution >= 0.6 is 27.3 Å². The summed E-state index contributed by atoms with van der Waals surface area (Å²) in [5.41, 5.74) is 8.31. The van der Waals surface area contributed by atoms with E-state index >= 15 is 0 Å². The van der Waals surface area contributed by atoms with Gasteiger partial charge >= 0.3 is 0 Å². The van der Waals surface area contributed by atoms with Crippen molar-refractivity contribution in [2.75, 3.05) is 14.2 Å². The lowest BCUT2D eigenvalue weighted by Gasteiger charge is -2.14. The fraction of sp³-hybridized carbons (Fsp3) is 0.231. The Hall–Kier alpha value is -1.04. The van der Waals surface area contributed by atoms with Crippen LogP contribution < -0.4 is 15.2 Å². The summed E-state index contributed by atoms with van der Waals surface area (Å²) in [4.78, 5) is 0. The largest absolute Gasteiger partial charge is 0.493 e. The number of hydrogen-bond acceptors (Lipinski definition) is 4. The van der Waals surface area contributed by atoms with Gasteiger partial charge in [0.2, 0.25) is 0 Å². The highest BCUT2D eigenvalue weighted by Gasteiger charge is 2.13. The number of rotatable bonds is 4. The molecule has 5 heteroatoms. The van der Waals surface area contributed by atoms with Crippen molar-refractivity contribution in [1.29, 1.82) is 0 Å². The first-order valence-electron chi connectivity index (χ1n) is 5.37. The van der Waals surface area contributed by atoms with Gasteiger partial charge in [-0.1, -0.05) is 6.07 Å². The Kier molecular flexibility index (Phi) is 4.27. The van der Waals surface area contributed by atoms with Gasteiger partial charge in [0.15, 0.2) is 11.5 Å². The number of ether oxygens (including phenoxy) is 2. The third-order valence-corrected chi connectivity index (χ3v) is 4.24. The average molecular weight is 328 g/mol. The third-order valence-electron chi connectivity index (χ3n) is 2.71. The first kappa shape index (κ1) is 13.4. The van der Waals surface area contributed by atoms with Gasteiger partial charge in [0.25, 0.3) is 0 Å². The van der Waals surface area contributed by atoms with Gasteiger partial charge in [-0.3, -0.25) is 0 Å². The molecule has 1 atom stereocenters. The molecule has 0 spiro atoms. The predicted octanol–water partition coefficient (Wildman–Crippen LogP) is 3.58. The van der Waals surface area contributed by atoms with E-state index in [-0.39, 0.29) is 6.04 Å². The van der Waals surface area contributed by atoms with Crippen molar-refractivity contribution >= 4 is 27.3 Å². The molecule has 0 bridgehead atoms. The fourth-order valence-electron chi connectivity index (χ4n) is 1.73. The van der Waals surface area contributed by atoms with Gasteiger partial charge in [-0.05, 0) is 50.6 Å². The molecule has 1 aromatic heterocycles. The maximum atomic E-state index is 6.23. The van der Waals surface area contributed by atoms with Crippen LogP contribution in [0.5, 0.6) is 11.5 Å². The molecule has 3 nitrogen and oxygen atoms in total. The van der Waals surface area contributed by atoms with Crippen LogP contribution in [0.4, 0.5) is 0 Å². The zero-order valence-corrected chi connectivity index (χ0v) is 12.5. The summed E-state index contributed by atoms with van der Waals surface area (Å²) in [5, 5.41) is 2.05. The van der Waals surface area contributed by atoms with Gasteiger partial charge in [0.1, 0.15) is 0 Å². The van der Waals surface area contributed by atoms with Crippen LogP contribution in [0.3, 0.4) is 0 Å². The molecule has 0 amide bonds. The molecule has 2 rings (SSSR count). The summed E-state index contributed by atoms with van der Waals surface area (Å²) in [6, 6.07) is 7.61. The molecule has 0 aliphatic rings. The monoisotopic (exact) mass is 327 g/mol. The Morgan fingerprint density at radius 3 is 2.39 bits per heavy atom. The molecule has 0 fully saturated rings. The van der Waals surface area contributed by atoms with E-state index in [1.54, 1.807) is 25.6 Å². The SMILES string of the molecule is COc1ccc(C(N)c2csc(Br)c2)cc1OC. The Balaban J connectivity index is 2.33. The first-order chi connectivity index (χ1) is 8.65. The third kappa shape index (κ3) is 2.68. The molecule has 2 N–H and O–H groups in total. The highest BCUT2D eigenvalue weighted by molar-refractivity contribution is 9.11. The predicted molar refractivity (Wildman–Crippen MR) is 77.6 cm³/mol. The number of hydrogen-bond donors (Lipinski definition) is 1. The smallest absolute Gasteiger partial charge is 0.161 e. The second-order valence-electron chi connectivity index (χ2n) is 3.78. The maximum absolute atomic E-state index is 6.23.